The van der Waals surface area contributed by atoms with Crippen molar-refractivity contribution in [3.05, 3.63) is 37.4 Å². The third kappa shape index (κ3) is 26.5. The van der Waals surface area contributed by atoms with Crippen molar-refractivity contribution in [2.45, 2.75) is 88.2 Å². The summed E-state index contributed by atoms with van der Waals surface area (Å²) in [6.07, 6.45) is 7.59. The molecule has 4 atom stereocenters. The highest BCUT2D eigenvalue weighted by atomic mass is 32.2. The largest absolute Gasteiger partial charge is 0.748 e. The van der Waals surface area contributed by atoms with Gasteiger partial charge >= 0.3 is 0 Å². The normalized spacial score (nSPS) is 16.9. The van der Waals surface area contributed by atoms with Crippen molar-refractivity contribution in [1.82, 2.24) is 9.80 Å². The predicted molar refractivity (Wildman–Crippen MR) is 187 cm³/mol. The molecule has 18 heteroatoms. The van der Waals surface area contributed by atoms with Gasteiger partial charge in [0.05, 0.1) is 53.8 Å². The van der Waals surface area contributed by atoms with Crippen molar-refractivity contribution < 1.29 is 64.7 Å². The van der Waals surface area contributed by atoms with Gasteiger partial charge in [0, 0.05) is 52.8 Å². The predicted octanol–water partition coefficient (Wildman–Crippen LogP) is 1.85. The summed E-state index contributed by atoms with van der Waals surface area (Å²) in [5.41, 5.74) is 0. The van der Waals surface area contributed by atoms with Gasteiger partial charge in [0.1, 0.15) is 12.2 Å². The zero-order valence-electron chi connectivity index (χ0n) is 29.7. The van der Waals surface area contributed by atoms with E-state index in [0.29, 0.717) is 57.6 Å². The molecule has 16 nitrogen and oxygen atoms in total. The topological polar surface area (TPSA) is 230 Å². The smallest absolute Gasteiger partial charge is 0.287 e. The van der Waals surface area contributed by atoms with Crippen LogP contribution in [0.15, 0.2) is 37.4 Å². The third-order valence-corrected chi connectivity index (χ3v) is 8.90. The molecule has 2 amide bonds. The van der Waals surface area contributed by atoms with E-state index in [2.05, 4.69) is 24.5 Å². The van der Waals surface area contributed by atoms with Crippen LogP contribution in [0.2, 0.25) is 0 Å². The molecule has 294 valence electrons. The van der Waals surface area contributed by atoms with E-state index < -0.39 is 37.7 Å². The summed E-state index contributed by atoms with van der Waals surface area (Å²) in [7, 11) is -5.21. The fraction of sp³-hybridized carbons (Fsp3) is 0.750. The number of unbranched alkanes of at least 4 members (excludes halogenated alkanes) is 1. The minimum absolute atomic E-state index is 0.0343. The van der Waals surface area contributed by atoms with Crippen LogP contribution in [-0.4, -0.2) is 148 Å². The molecule has 0 bridgehead atoms. The number of ether oxygens (including phenoxy) is 4. The lowest BCUT2D eigenvalue weighted by atomic mass is 10.0. The summed E-state index contributed by atoms with van der Waals surface area (Å²) < 4.78 is 80.6. The van der Waals surface area contributed by atoms with Crippen LogP contribution in [0.25, 0.3) is 0 Å². The maximum absolute atomic E-state index is 12.0. The number of aliphatic hydroxyl groups is 2. The van der Waals surface area contributed by atoms with Crippen molar-refractivity contribution in [3.63, 3.8) is 0 Å². The summed E-state index contributed by atoms with van der Waals surface area (Å²) in [6.45, 7) is 14.9. The van der Waals surface area contributed by atoms with Gasteiger partial charge in [0.25, 0.3) is 10.1 Å². The molecule has 0 aromatic heterocycles. The molecule has 4 unspecified atom stereocenters. The summed E-state index contributed by atoms with van der Waals surface area (Å²) in [6, 6.07) is -0.224. The molecule has 2 aliphatic heterocycles. The van der Waals surface area contributed by atoms with Crippen molar-refractivity contribution in [2.75, 3.05) is 67.0 Å². The van der Waals surface area contributed by atoms with Gasteiger partial charge in [-0.1, -0.05) is 26.2 Å². The van der Waals surface area contributed by atoms with E-state index in [1.54, 1.807) is 29.0 Å². The molecule has 0 aromatic rings. The van der Waals surface area contributed by atoms with Gasteiger partial charge in [-0.3, -0.25) is 14.1 Å². The minimum atomic E-state index is -4.36. The van der Waals surface area contributed by atoms with Gasteiger partial charge in [-0.2, -0.15) is 8.42 Å². The summed E-state index contributed by atoms with van der Waals surface area (Å²) in [4.78, 5) is 26.1. The number of methoxy groups -OCH3 is 2. The summed E-state index contributed by atoms with van der Waals surface area (Å²) >= 11 is 0. The Labute approximate surface area is 298 Å². The van der Waals surface area contributed by atoms with Gasteiger partial charge in [0.15, 0.2) is 0 Å². The SMILES string of the molecule is C=CCOCC(O)COC.C=CN1CCCC1=O.C=CS(=O)(=O)O.CCC(CC(CCCCOCC(O)COC)N1CCCC1=O)S(=O)(=O)[O-]. The molecule has 50 heavy (non-hydrogen) atoms. The molecule has 2 fully saturated rings. The highest BCUT2D eigenvalue weighted by Gasteiger charge is 2.30. The second kappa shape index (κ2) is 29.3. The molecule has 0 spiro atoms. The van der Waals surface area contributed by atoms with Crippen molar-refractivity contribution in [3.8, 4) is 0 Å². The van der Waals surface area contributed by atoms with Gasteiger partial charge in [-0.05, 0) is 51.1 Å². The van der Waals surface area contributed by atoms with Gasteiger partial charge in [0.2, 0.25) is 11.8 Å². The minimum Gasteiger partial charge on any atom is -0.748 e. The lowest BCUT2D eigenvalue weighted by molar-refractivity contribution is -0.130. The van der Waals surface area contributed by atoms with Crippen LogP contribution in [-0.2, 0) is 48.8 Å². The first-order valence-corrected chi connectivity index (χ1v) is 19.3. The van der Waals surface area contributed by atoms with Crippen LogP contribution in [0.4, 0.5) is 0 Å². The molecule has 0 aliphatic carbocycles. The molecule has 2 aliphatic rings. The molecule has 0 aromatic carbocycles. The molecule has 2 saturated heterocycles. The molecular weight excluding hydrogens is 700 g/mol. The lowest BCUT2D eigenvalue weighted by Crippen LogP contribution is -2.40. The van der Waals surface area contributed by atoms with Gasteiger partial charge in [-0.15, -0.1) is 6.58 Å². The Morgan fingerprint density at radius 1 is 0.880 bits per heavy atom. The Kier molecular flexibility index (Phi) is 29.2. The fourth-order valence-corrected chi connectivity index (χ4v) is 5.55. The quantitative estimate of drug-likeness (QED) is 0.0813. The maximum atomic E-state index is 12.0. The number of likely N-dealkylation sites (tertiary alicyclic amines) is 2. The van der Waals surface area contributed by atoms with E-state index in [1.807, 2.05) is 0 Å². The number of carbonyl (C=O) groups excluding carboxylic acids is 2. The van der Waals surface area contributed by atoms with Crippen LogP contribution in [0.5, 0.6) is 0 Å². The van der Waals surface area contributed by atoms with Crippen LogP contribution >= 0.6 is 0 Å². The average Bonchev–Trinajstić information content (AvgIpc) is 3.67. The number of aliphatic hydroxyl groups excluding tert-OH is 2. The van der Waals surface area contributed by atoms with E-state index in [1.165, 1.54) is 14.2 Å². The number of nitrogens with zero attached hydrogens (tertiary/aromatic N) is 2. The number of hydrogen-bond donors (Lipinski definition) is 3. The van der Waals surface area contributed by atoms with Crippen molar-refractivity contribution >= 4 is 32.1 Å². The molecule has 2 rings (SSSR count). The highest BCUT2D eigenvalue weighted by Crippen LogP contribution is 2.24. The summed E-state index contributed by atoms with van der Waals surface area (Å²) in [5.74, 6) is 0.243. The zero-order valence-corrected chi connectivity index (χ0v) is 31.4. The second-order valence-corrected chi connectivity index (χ2v) is 14.3. The Balaban J connectivity index is 0. The molecule has 3 N–H and O–H groups in total. The van der Waals surface area contributed by atoms with E-state index >= 15 is 0 Å². The number of hydrogen-bond acceptors (Lipinski definition) is 13. The van der Waals surface area contributed by atoms with E-state index in [0.717, 1.165) is 32.2 Å². The van der Waals surface area contributed by atoms with Crippen molar-refractivity contribution in [2.24, 2.45) is 0 Å². The maximum Gasteiger partial charge on any atom is 0.287 e. The average molecular weight is 760 g/mol. The Hall–Kier alpha value is -2.26. The van der Waals surface area contributed by atoms with Gasteiger partial charge < -0.3 is 43.5 Å². The molecular formula is C32H59N2O14S2-. The Bertz CT molecular complexity index is 1160. The third-order valence-electron chi connectivity index (χ3n) is 7.14. The summed E-state index contributed by atoms with van der Waals surface area (Å²) in [5, 5.41) is 18.0. The first kappa shape index (κ1) is 49.9. The first-order chi connectivity index (χ1) is 23.5. The monoisotopic (exact) mass is 759 g/mol. The Morgan fingerprint density at radius 2 is 1.42 bits per heavy atom. The van der Waals surface area contributed by atoms with E-state index in [4.69, 9.17) is 23.9 Å². The highest BCUT2D eigenvalue weighted by molar-refractivity contribution is 7.88. The fourth-order valence-electron chi connectivity index (χ4n) is 4.68. The van der Waals surface area contributed by atoms with Crippen LogP contribution in [0.1, 0.15) is 64.7 Å². The molecule has 2 heterocycles. The van der Waals surface area contributed by atoms with Crippen LogP contribution in [0, 0.1) is 0 Å². The molecule has 0 radical (unpaired) electrons. The molecule has 0 saturated carbocycles. The first-order valence-electron chi connectivity index (χ1n) is 16.4. The lowest BCUT2D eigenvalue weighted by Gasteiger charge is -2.32. The van der Waals surface area contributed by atoms with Crippen molar-refractivity contribution in [1.29, 1.82) is 0 Å². The van der Waals surface area contributed by atoms with Crippen LogP contribution in [0.3, 0.4) is 0 Å². The number of carbonyl (C=O) groups is 2. The van der Waals surface area contributed by atoms with E-state index in [9.17, 15) is 36.1 Å². The van der Waals surface area contributed by atoms with E-state index in [-0.39, 0.29) is 43.9 Å². The number of amides is 2. The Morgan fingerprint density at radius 3 is 1.80 bits per heavy atom. The standard InChI is InChI=1S/C17H33NO7S.C7H14O3.C6H9NO.C2H4O3S/c1-3-16(26(21,22)23)11-14(18-9-6-8-17(18)20)7-4-5-10-25-13-15(19)12-24-2;1-3-4-10-6-7(8)5-9-2;1-2-7-5-3-4-6(7)8;1-2-6(3,4)5/h14-16,19H,3-13H2,1-2H3,(H,21,22,23);3,7-8H,1,4-6H2,2H3;2H,1,3-5H2;2H,1H2,(H,3,4,5)/p-1. The van der Waals surface area contributed by atoms with Gasteiger partial charge in [-0.25, -0.2) is 8.42 Å². The van der Waals surface area contributed by atoms with Crippen LogP contribution < -0.4 is 0 Å². The zero-order chi connectivity index (χ0) is 38.6. The number of rotatable bonds is 22. The second-order valence-electron chi connectivity index (χ2n) is 11.3.